The first-order valence-electron chi connectivity index (χ1n) is 11.8. The van der Waals surface area contributed by atoms with Crippen LogP contribution in [-0.2, 0) is 0 Å². The van der Waals surface area contributed by atoms with Crippen molar-refractivity contribution in [1.29, 1.82) is 0 Å². The van der Waals surface area contributed by atoms with E-state index in [1.54, 1.807) is 23.9 Å². The summed E-state index contributed by atoms with van der Waals surface area (Å²) in [6.45, 7) is 1.93. The van der Waals surface area contributed by atoms with Crippen molar-refractivity contribution in [3.63, 3.8) is 0 Å². The summed E-state index contributed by atoms with van der Waals surface area (Å²) in [5, 5.41) is 6.07. The molecule has 6 rings (SSSR count). The van der Waals surface area contributed by atoms with Gasteiger partial charge in [0.1, 0.15) is 41.0 Å². The second-order valence-electron chi connectivity index (χ2n) is 8.69. The Morgan fingerprint density at radius 3 is 2.51 bits per heavy atom. The molecular weight excluding hydrogens is 466 g/mol. The van der Waals surface area contributed by atoms with Crippen molar-refractivity contribution in [2.24, 2.45) is 0 Å². The lowest BCUT2D eigenvalue weighted by molar-refractivity contribution is 0.415. The zero-order valence-corrected chi connectivity index (χ0v) is 20.3. The second-order valence-corrected chi connectivity index (χ2v) is 8.69. The molecule has 2 N–H and O–H groups in total. The Morgan fingerprint density at radius 2 is 1.70 bits per heavy atom. The molecule has 0 aliphatic carbocycles. The number of rotatable bonds is 5. The predicted octanol–water partition coefficient (Wildman–Crippen LogP) is 5.47. The zero-order valence-electron chi connectivity index (χ0n) is 20.3. The molecule has 1 unspecified atom stereocenters. The largest absolute Gasteiger partial charge is 0.497 e. The van der Waals surface area contributed by atoms with Gasteiger partial charge in [0.25, 0.3) is 0 Å². The van der Waals surface area contributed by atoms with Crippen LogP contribution in [0.4, 0.5) is 5.82 Å². The highest BCUT2D eigenvalue weighted by atomic mass is 16.5. The Bertz CT molecular complexity index is 1830. The fraction of sp³-hybridized carbons (Fsp3) is 0.103. The second kappa shape index (κ2) is 8.91. The standard InChI is InChI=1S/C29H23N5O3/c1-17(27-23(18-9-4-3-5-10-18)26(35)21-13-6-7-14-22(21)37-27)34-29-24(28(30)31-16-32-29)25(33-34)19-11-8-12-20(15-19)36-2/h3-17H,1-2H3,(H2,30,31,32). The highest BCUT2D eigenvalue weighted by Gasteiger charge is 2.26. The van der Waals surface area contributed by atoms with Crippen LogP contribution in [-0.4, -0.2) is 26.9 Å². The first kappa shape index (κ1) is 22.5. The molecule has 1 atom stereocenters. The molecule has 8 nitrogen and oxygen atoms in total. The molecule has 0 aliphatic rings. The number of methoxy groups -OCH3 is 1. The third kappa shape index (κ3) is 3.70. The number of para-hydroxylation sites is 1. The van der Waals surface area contributed by atoms with Crippen LogP contribution in [0, 0.1) is 0 Å². The van der Waals surface area contributed by atoms with Crippen LogP contribution in [0.25, 0.3) is 44.4 Å². The van der Waals surface area contributed by atoms with Crippen LogP contribution in [0.15, 0.2) is 94.4 Å². The highest BCUT2D eigenvalue weighted by Crippen LogP contribution is 2.36. The Balaban J connectivity index is 1.63. The van der Waals surface area contributed by atoms with Gasteiger partial charge in [-0.2, -0.15) is 5.10 Å². The number of aromatic nitrogens is 4. The van der Waals surface area contributed by atoms with Crippen molar-refractivity contribution in [2.75, 3.05) is 12.8 Å². The number of hydrogen-bond acceptors (Lipinski definition) is 7. The molecule has 0 bridgehead atoms. The van der Waals surface area contributed by atoms with E-state index in [1.807, 2.05) is 73.7 Å². The zero-order chi connectivity index (χ0) is 25.5. The number of benzene rings is 3. The summed E-state index contributed by atoms with van der Waals surface area (Å²) in [4.78, 5) is 22.5. The Kier molecular flexibility index (Phi) is 5.41. The summed E-state index contributed by atoms with van der Waals surface area (Å²) in [6, 6.07) is 23.8. The van der Waals surface area contributed by atoms with Crippen LogP contribution in [0.2, 0.25) is 0 Å². The maximum atomic E-state index is 13.8. The number of ether oxygens (including phenoxy) is 1. The lowest BCUT2D eigenvalue weighted by Crippen LogP contribution is -2.16. The summed E-state index contributed by atoms with van der Waals surface area (Å²) in [7, 11) is 1.61. The van der Waals surface area contributed by atoms with E-state index in [4.69, 9.17) is 20.0 Å². The van der Waals surface area contributed by atoms with E-state index >= 15 is 0 Å². The van der Waals surface area contributed by atoms with Crippen molar-refractivity contribution in [1.82, 2.24) is 19.7 Å². The minimum Gasteiger partial charge on any atom is -0.497 e. The summed E-state index contributed by atoms with van der Waals surface area (Å²) in [5.41, 5.74) is 9.94. The van der Waals surface area contributed by atoms with Crippen molar-refractivity contribution >= 4 is 27.8 Å². The molecule has 0 fully saturated rings. The molecule has 182 valence electrons. The van der Waals surface area contributed by atoms with Crippen molar-refractivity contribution in [2.45, 2.75) is 13.0 Å². The van der Waals surface area contributed by atoms with Crippen LogP contribution in [0.3, 0.4) is 0 Å². The van der Waals surface area contributed by atoms with E-state index in [9.17, 15) is 4.79 Å². The van der Waals surface area contributed by atoms with E-state index in [2.05, 4.69) is 9.97 Å². The average molecular weight is 490 g/mol. The number of nitrogens with two attached hydrogens (primary N) is 1. The molecule has 8 heteroatoms. The average Bonchev–Trinajstić information content (AvgIpc) is 3.34. The minimum absolute atomic E-state index is 0.103. The lowest BCUT2D eigenvalue weighted by atomic mass is 9.99. The van der Waals surface area contributed by atoms with E-state index in [1.165, 1.54) is 6.33 Å². The first-order valence-corrected chi connectivity index (χ1v) is 11.8. The van der Waals surface area contributed by atoms with Gasteiger partial charge in [0, 0.05) is 5.56 Å². The van der Waals surface area contributed by atoms with Gasteiger partial charge in [-0.25, -0.2) is 14.6 Å². The molecule has 3 aromatic heterocycles. The normalized spacial score (nSPS) is 12.2. The van der Waals surface area contributed by atoms with Crippen LogP contribution in [0.5, 0.6) is 5.75 Å². The van der Waals surface area contributed by atoms with Crippen LogP contribution in [0.1, 0.15) is 18.7 Å². The van der Waals surface area contributed by atoms with Crippen molar-refractivity contribution in [3.05, 3.63) is 101 Å². The van der Waals surface area contributed by atoms with Gasteiger partial charge in [-0.1, -0.05) is 54.6 Å². The van der Waals surface area contributed by atoms with Gasteiger partial charge in [0.15, 0.2) is 5.65 Å². The summed E-state index contributed by atoms with van der Waals surface area (Å²) < 4.78 is 13.6. The molecule has 0 aliphatic heterocycles. The van der Waals surface area contributed by atoms with Gasteiger partial charge in [0.05, 0.1) is 23.4 Å². The SMILES string of the molecule is COc1cccc(-c2nn(C(C)c3oc4ccccc4c(=O)c3-c3ccccc3)c3ncnc(N)c23)c1. The van der Waals surface area contributed by atoms with Crippen molar-refractivity contribution < 1.29 is 9.15 Å². The highest BCUT2D eigenvalue weighted by molar-refractivity contribution is 5.98. The predicted molar refractivity (Wildman–Crippen MR) is 143 cm³/mol. The molecular formula is C29H23N5O3. The smallest absolute Gasteiger partial charge is 0.200 e. The molecule has 0 amide bonds. The lowest BCUT2D eigenvalue weighted by Gasteiger charge is -2.17. The van der Waals surface area contributed by atoms with E-state index in [-0.39, 0.29) is 5.43 Å². The number of anilines is 1. The maximum absolute atomic E-state index is 13.8. The van der Waals surface area contributed by atoms with Gasteiger partial charge in [-0.3, -0.25) is 4.79 Å². The number of nitrogen functional groups attached to an aromatic ring is 1. The molecule has 3 aromatic carbocycles. The van der Waals surface area contributed by atoms with Crippen molar-refractivity contribution in [3.8, 4) is 28.1 Å². The monoisotopic (exact) mass is 489 g/mol. The molecule has 0 saturated carbocycles. The fourth-order valence-electron chi connectivity index (χ4n) is 4.68. The van der Waals surface area contributed by atoms with Crippen LogP contribution < -0.4 is 15.9 Å². The van der Waals surface area contributed by atoms with E-state index in [0.29, 0.717) is 50.6 Å². The number of nitrogens with zero attached hydrogens (tertiary/aromatic N) is 4. The number of hydrogen-bond donors (Lipinski definition) is 1. The summed E-state index contributed by atoms with van der Waals surface area (Å²) >= 11 is 0. The molecule has 0 radical (unpaired) electrons. The van der Waals surface area contributed by atoms with Gasteiger partial charge in [-0.05, 0) is 36.8 Å². The van der Waals surface area contributed by atoms with Gasteiger partial charge < -0.3 is 14.9 Å². The quantitative estimate of drug-likeness (QED) is 0.342. The third-order valence-corrected chi connectivity index (χ3v) is 6.50. The number of fused-ring (bicyclic) bond motifs is 2. The molecule has 37 heavy (non-hydrogen) atoms. The topological polar surface area (TPSA) is 109 Å². The van der Waals surface area contributed by atoms with Gasteiger partial charge in [0.2, 0.25) is 5.43 Å². The Hall–Kier alpha value is -4.98. The van der Waals surface area contributed by atoms with E-state index in [0.717, 1.165) is 11.1 Å². The molecule has 3 heterocycles. The fourth-order valence-corrected chi connectivity index (χ4v) is 4.68. The molecule has 6 aromatic rings. The maximum Gasteiger partial charge on any atom is 0.200 e. The Labute approximate surface area is 212 Å². The Morgan fingerprint density at radius 1 is 0.946 bits per heavy atom. The minimum atomic E-state index is -0.497. The molecule has 0 saturated heterocycles. The summed E-state index contributed by atoms with van der Waals surface area (Å²) in [6.07, 6.45) is 1.41. The van der Waals surface area contributed by atoms with Gasteiger partial charge >= 0.3 is 0 Å². The van der Waals surface area contributed by atoms with E-state index < -0.39 is 6.04 Å². The molecule has 0 spiro atoms. The first-order chi connectivity index (χ1) is 18.1. The third-order valence-electron chi connectivity index (χ3n) is 6.50. The summed E-state index contributed by atoms with van der Waals surface area (Å²) in [5.74, 6) is 1.48. The van der Waals surface area contributed by atoms with Crippen LogP contribution >= 0.6 is 0 Å². The van der Waals surface area contributed by atoms with Gasteiger partial charge in [-0.15, -0.1) is 0 Å².